The van der Waals surface area contributed by atoms with Gasteiger partial charge in [-0.1, -0.05) is 6.92 Å². The van der Waals surface area contributed by atoms with Gasteiger partial charge in [0.1, 0.15) is 0 Å². The molecule has 2 aliphatic rings. The summed E-state index contributed by atoms with van der Waals surface area (Å²) in [7, 11) is 3.91. The third kappa shape index (κ3) is 4.17. The van der Waals surface area contributed by atoms with Gasteiger partial charge >= 0.3 is 0 Å². The first-order valence-electron chi connectivity index (χ1n) is 7.75. The fourth-order valence-electron chi connectivity index (χ4n) is 3.30. The molecule has 2 heterocycles. The summed E-state index contributed by atoms with van der Waals surface area (Å²) in [5.74, 6) is 0.965. The molecule has 0 aromatic heterocycles. The minimum absolute atomic E-state index is 0.175. The molecule has 0 aliphatic carbocycles. The molecule has 2 saturated heterocycles. The lowest BCUT2D eigenvalue weighted by Crippen LogP contribution is -2.46. The Bertz CT molecular complexity index is 340. The van der Waals surface area contributed by atoms with Crippen molar-refractivity contribution in [1.29, 1.82) is 0 Å². The molecule has 20 heavy (non-hydrogen) atoms. The molecule has 2 fully saturated rings. The van der Waals surface area contributed by atoms with Crippen LogP contribution < -0.4 is 0 Å². The molecule has 2 aliphatic heterocycles. The summed E-state index contributed by atoms with van der Waals surface area (Å²) in [5.41, 5.74) is -0.727. The van der Waals surface area contributed by atoms with Gasteiger partial charge in [0.05, 0.1) is 18.7 Å². The number of carbonyl (C=O) groups excluding carboxylic acids is 1. The van der Waals surface area contributed by atoms with Gasteiger partial charge in [0.25, 0.3) is 0 Å². The second-order valence-corrected chi connectivity index (χ2v) is 6.99. The number of aliphatic hydroxyl groups is 1. The number of hydrogen-bond acceptors (Lipinski definition) is 4. The van der Waals surface area contributed by atoms with Crippen LogP contribution in [0.4, 0.5) is 0 Å². The zero-order valence-electron chi connectivity index (χ0n) is 13.1. The van der Waals surface area contributed by atoms with Gasteiger partial charge in [0.2, 0.25) is 5.91 Å². The summed E-state index contributed by atoms with van der Waals surface area (Å²) in [6.45, 7) is 6.65. The Morgan fingerprint density at radius 2 is 1.95 bits per heavy atom. The normalized spacial score (nSPS) is 29.4. The molecule has 0 aromatic rings. The first-order valence-corrected chi connectivity index (χ1v) is 7.75. The SMILES string of the molecule is CC1CCN(CC(=O)N2CC[C@](O)(CN(C)C)C2)CC1. The van der Waals surface area contributed by atoms with E-state index < -0.39 is 5.60 Å². The number of hydrogen-bond donors (Lipinski definition) is 1. The van der Waals surface area contributed by atoms with Gasteiger partial charge in [0.15, 0.2) is 0 Å². The standard InChI is InChI=1S/C15H29N3O2/c1-13-4-7-17(8-5-13)10-14(19)18-9-6-15(20,12-18)11-16(2)3/h13,20H,4-12H2,1-3H3/t15-/m0/s1. The summed E-state index contributed by atoms with van der Waals surface area (Å²) in [6.07, 6.45) is 3.07. The van der Waals surface area contributed by atoms with E-state index >= 15 is 0 Å². The number of piperidine rings is 1. The van der Waals surface area contributed by atoms with Crippen LogP contribution in [0.5, 0.6) is 0 Å². The molecule has 1 N–H and O–H groups in total. The summed E-state index contributed by atoms with van der Waals surface area (Å²) in [6, 6.07) is 0. The van der Waals surface area contributed by atoms with Gasteiger partial charge in [-0.3, -0.25) is 9.69 Å². The second-order valence-electron chi connectivity index (χ2n) is 6.99. The summed E-state index contributed by atoms with van der Waals surface area (Å²) >= 11 is 0. The lowest BCUT2D eigenvalue weighted by molar-refractivity contribution is -0.132. The zero-order valence-corrected chi connectivity index (χ0v) is 13.1. The van der Waals surface area contributed by atoms with E-state index in [0.29, 0.717) is 32.6 Å². The predicted octanol–water partition coefficient (Wildman–Crippen LogP) is 0.243. The van der Waals surface area contributed by atoms with E-state index in [1.54, 1.807) is 0 Å². The average Bonchev–Trinajstić information content (AvgIpc) is 2.73. The Balaban J connectivity index is 1.79. The van der Waals surface area contributed by atoms with Crippen molar-refractivity contribution < 1.29 is 9.90 Å². The molecular formula is C15H29N3O2. The van der Waals surface area contributed by atoms with Crippen LogP contribution in [0.2, 0.25) is 0 Å². The lowest BCUT2D eigenvalue weighted by Gasteiger charge is -2.31. The highest BCUT2D eigenvalue weighted by atomic mass is 16.3. The van der Waals surface area contributed by atoms with Crippen molar-refractivity contribution >= 4 is 5.91 Å². The van der Waals surface area contributed by atoms with Crippen molar-refractivity contribution in [1.82, 2.24) is 14.7 Å². The average molecular weight is 283 g/mol. The number of amides is 1. The summed E-state index contributed by atoms with van der Waals surface area (Å²) in [5, 5.41) is 10.5. The van der Waals surface area contributed by atoms with Crippen LogP contribution in [0.1, 0.15) is 26.2 Å². The second kappa shape index (κ2) is 6.41. The van der Waals surface area contributed by atoms with Gasteiger partial charge in [-0.2, -0.15) is 0 Å². The van der Waals surface area contributed by atoms with Crippen LogP contribution in [0, 0.1) is 5.92 Å². The highest BCUT2D eigenvalue weighted by Crippen LogP contribution is 2.22. The van der Waals surface area contributed by atoms with Gasteiger partial charge in [-0.15, -0.1) is 0 Å². The third-order valence-electron chi connectivity index (χ3n) is 4.53. The van der Waals surface area contributed by atoms with Crippen LogP contribution >= 0.6 is 0 Å². The minimum atomic E-state index is -0.727. The van der Waals surface area contributed by atoms with Crippen LogP contribution in [-0.4, -0.2) is 84.7 Å². The van der Waals surface area contributed by atoms with E-state index in [9.17, 15) is 9.90 Å². The van der Waals surface area contributed by atoms with Gasteiger partial charge in [-0.25, -0.2) is 0 Å². The number of likely N-dealkylation sites (tertiary alicyclic amines) is 2. The molecular weight excluding hydrogens is 254 g/mol. The van der Waals surface area contributed by atoms with Crippen molar-refractivity contribution in [3.63, 3.8) is 0 Å². The van der Waals surface area contributed by atoms with Crippen LogP contribution in [0.15, 0.2) is 0 Å². The number of carbonyl (C=O) groups is 1. The van der Waals surface area contributed by atoms with Gasteiger partial charge < -0.3 is 14.9 Å². The maximum absolute atomic E-state index is 12.3. The van der Waals surface area contributed by atoms with Crippen LogP contribution in [0.25, 0.3) is 0 Å². The number of β-amino-alcohol motifs (C(OH)–C–C–N with tert-alkyl or cyclic N) is 1. The van der Waals surface area contributed by atoms with E-state index in [2.05, 4.69) is 11.8 Å². The van der Waals surface area contributed by atoms with Crippen LogP contribution in [-0.2, 0) is 4.79 Å². The molecule has 0 aromatic carbocycles. The maximum atomic E-state index is 12.3. The maximum Gasteiger partial charge on any atom is 0.236 e. The van der Waals surface area contributed by atoms with E-state index in [4.69, 9.17) is 0 Å². The van der Waals surface area contributed by atoms with Crippen molar-refractivity contribution in [2.24, 2.45) is 5.92 Å². The highest BCUT2D eigenvalue weighted by molar-refractivity contribution is 5.78. The molecule has 1 atom stereocenters. The lowest BCUT2D eigenvalue weighted by atomic mass is 9.99. The van der Waals surface area contributed by atoms with Crippen molar-refractivity contribution in [3.8, 4) is 0 Å². The first-order chi connectivity index (χ1) is 9.38. The van der Waals surface area contributed by atoms with Gasteiger partial charge in [0, 0.05) is 13.1 Å². The smallest absolute Gasteiger partial charge is 0.236 e. The number of likely N-dealkylation sites (N-methyl/N-ethyl adjacent to an activating group) is 1. The topological polar surface area (TPSA) is 47.0 Å². The molecule has 5 nitrogen and oxygen atoms in total. The summed E-state index contributed by atoms with van der Waals surface area (Å²) in [4.78, 5) is 18.4. The quantitative estimate of drug-likeness (QED) is 0.803. The van der Waals surface area contributed by atoms with Gasteiger partial charge in [-0.05, 0) is 52.4 Å². The molecule has 0 spiro atoms. The Hall–Kier alpha value is -0.650. The molecule has 1 amide bonds. The molecule has 2 rings (SSSR count). The fourth-order valence-corrected chi connectivity index (χ4v) is 3.30. The molecule has 0 bridgehead atoms. The number of rotatable bonds is 4. The zero-order chi connectivity index (χ0) is 14.8. The van der Waals surface area contributed by atoms with Crippen molar-refractivity contribution in [2.75, 3.05) is 53.4 Å². The Labute approximate surface area is 122 Å². The largest absolute Gasteiger partial charge is 0.387 e. The van der Waals surface area contributed by atoms with E-state index in [1.807, 2.05) is 23.9 Å². The van der Waals surface area contributed by atoms with Crippen LogP contribution in [0.3, 0.4) is 0 Å². The Kier molecular flexibility index (Phi) is 5.04. The minimum Gasteiger partial charge on any atom is -0.387 e. The highest BCUT2D eigenvalue weighted by Gasteiger charge is 2.38. The third-order valence-corrected chi connectivity index (χ3v) is 4.53. The molecule has 0 unspecified atom stereocenters. The van der Waals surface area contributed by atoms with Crippen molar-refractivity contribution in [3.05, 3.63) is 0 Å². The first kappa shape index (κ1) is 15.7. The molecule has 5 heteroatoms. The Morgan fingerprint density at radius 3 is 2.55 bits per heavy atom. The Morgan fingerprint density at radius 1 is 1.30 bits per heavy atom. The fraction of sp³-hybridized carbons (Fsp3) is 0.933. The van der Waals surface area contributed by atoms with E-state index in [0.717, 1.165) is 19.0 Å². The monoisotopic (exact) mass is 283 g/mol. The van der Waals surface area contributed by atoms with E-state index in [-0.39, 0.29) is 5.91 Å². The van der Waals surface area contributed by atoms with E-state index in [1.165, 1.54) is 12.8 Å². The summed E-state index contributed by atoms with van der Waals surface area (Å²) < 4.78 is 0. The molecule has 0 saturated carbocycles. The predicted molar refractivity (Wildman–Crippen MR) is 79.5 cm³/mol. The number of nitrogens with zero attached hydrogens (tertiary/aromatic N) is 3. The molecule has 116 valence electrons. The molecule has 0 radical (unpaired) electrons. The van der Waals surface area contributed by atoms with Crippen molar-refractivity contribution in [2.45, 2.75) is 31.8 Å².